The van der Waals surface area contributed by atoms with E-state index < -0.39 is 11.6 Å². The zero-order chi connectivity index (χ0) is 11.9. The molecule has 15 heavy (non-hydrogen) atoms. The number of hydrogen-bond acceptors (Lipinski definition) is 2. The van der Waals surface area contributed by atoms with Crippen LogP contribution >= 0.6 is 0 Å². The van der Waals surface area contributed by atoms with E-state index in [0.29, 0.717) is 0 Å². The van der Waals surface area contributed by atoms with Gasteiger partial charge in [-0.1, -0.05) is 20.8 Å². The SMILES string of the molecule is CC(C)(C)C(=O)N1CCCC(O)C1(C)C. The zero-order valence-corrected chi connectivity index (χ0v) is 10.5. The fourth-order valence-electron chi connectivity index (χ4n) is 2.03. The van der Waals surface area contributed by atoms with Gasteiger partial charge < -0.3 is 10.0 Å². The van der Waals surface area contributed by atoms with Gasteiger partial charge in [0.2, 0.25) is 5.91 Å². The van der Waals surface area contributed by atoms with Crippen LogP contribution in [-0.2, 0) is 4.79 Å². The van der Waals surface area contributed by atoms with E-state index >= 15 is 0 Å². The van der Waals surface area contributed by atoms with Crippen molar-refractivity contribution in [3.05, 3.63) is 0 Å². The van der Waals surface area contributed by atoms with Gasteiger partial charge in [-0.25, -0.2) is 0 Å². The lowest BCUT2D eigenvalue weighted by Crippen LogP contribution is -2.60. The number of amides is 1. The van der Waals surface area contributed by atoms with Gasteiger partial charge >= 0.3 is 0 Å². The number of carbonyl (C=O) groups excluding carboxylic acids is 1. The smallest absolute Gasteiger partial charge is 0.228 e. The van der Waals surface area contributed by atoms with E-state index in [1.807, 2.05) is 39.5 Å². The molecule has 1 aliphatic rings. The molecule has 0 aromatic heterocycles. The summed E-state index contributed by atoms with van der Waals surface area (Å²) < 4.78 is 0. The second kappa shape index (κ2) is 3.78. The summed E-state index contributed by atoms with van der Waals surface area (Å²) in [5.41, 5.74) is -0.795. The van der Waals surface area contributed by atoms with Gasteiger partial charge in [0, 0.05) is 12.0 Å². The van der Waals surface area contributed by atoms with Crippen LogP contribution in [0, 0.1) is 5.41 Å². The Morgan fingerprint density at radius 3 is 2.40 bits per heavy atom. The quantitative estimate of drug-likeness (QED) is 0.666. The zero-order valence-electron chi connectivity index (χ0n) is 10.5. The molecule has 3 heteroatoms. The number of aliphatic hydroxyl groups excluding tert-OH is 1. The van der Waals surface area contributed by atoms with Crippen LogP contribution in [0.3, 0.4) is 0 Å². The van der Waals surface area contributed by atoms with Crippen LogP contribution < -0.4 is 0 Å². The Morgan fingerprint density at radius 2 is 1.93 bits per heavy atom. The number of carbonyl (C=O) groups is 1. The van der Waals surface area contributed by atoms with Crippen LogP contribution in [0.4, 0.5) is 0 Å². The predicted octanol–water partition coefficient (Wildman–Crippen LogP) is 1.79. The largest absolute Gasteiger partial charge is 0.391 e. The minimum atomic E-state index is -0.428. The first-order valence-electron chi connectivity index (χ1n) is 5.67. The Morgan fingerprint density at radius 1 is 1.40 bits per heavy atom. The lowest BCUT2D eigenvalue weighted by molar-refractivity contribution is -0.154. The maximum Gasteiger partial charge on any atom is 0.228 e. The first-order chi connectivity index (χ1) is 6.67. The van der Waals surface area contributed by atoms with Crippen molar-refractivity contribution < 1.29 is 9.90 Å². The highest BCUT2D eigenvalue weighted by molar-refractivity contribution is 5.82. The molecule has 1 heterocycles. The summed E-state index contributed by atoms with van der Waals surface area (Å²) in [6, 6.07) is 0. The molecule has 0 aromatic carbocycles. The number of aliphatic hydroxyl groups is 1. The molecule has 1 atom stereocenters. The fourth-order valence-corrected chi connectivity index (χ4v) is 2.03. The molecule has 0 aliphatic carbocycles. The van der Waals surface area contributed by atoms with E-state index in [-0.39, 0.29) is 11.3 Å². The summed E-state index contributed by atoms with van der Waals surface area (Å²) in [6.45, 7) is 10.4. The van der Waals surface area contributed by atoms with Crippen LogP contribution in [0.15, 0.2) is 0 Å². The highest BCUT2D eigenvalue weighted by Gasteiger charge is 2.42. The molecule has 0 aromatic rings. The van der Waals surface area contributed by atoms with Crippen molar-refractivity contribution in [1.29, 1.82) is 0 Å². The fraction of sp³-hybridized carbons (Fsp3) is 0.917. The maximum atomic E-state index is 12.2. The average molecular weight is 213 g/mol. The second-order valence-electron chi connectivity index (χ2n) is 6.02. The Kier molecular flexibility index (Phi) is 3.15. The summed E-state index contributed by atoms with van der Waals surface area (Å²) in [5, 5.41) is 9.93. The molecule has 1 fully saturated rings. The second-order valence-corrected chi connectivity index (χ2v) is 6.02. The molecule has 1 unspecified atom stereocenters. The summed E-state index contributed by atoms with van der Waals surface area (Å²) in [5.74, 6) is 0.131. The standard InChI is InChI=1S/C12H23NO2/c1-11(2,3)10(15)13-8-6-7-9(14)12(13,4)5/h9,14H,6-8H2,1-5H3. The number of hydrogen-bond donors (Lipinski definition) is 1. The first kappa shape index (κ1) is 12.5. The van der Waals surface area contributed by atoms with Crippen LogP contribution in [0.1, 0.15) is 47.5 Å². The molecule has 1 aliphatic heterocycles. The third-order valence-corrected chi connectivity index (χ3v) is 3.26. The predicted molar refractivity (Wildman–Crippen MR) is 60.5 cm³/mol. The third-order valence-electron chi connectivity index (χ3n) is 3.26. The Hall–Kier alpha value is -0.570. The molecule has 1 saturated heterocycles. The van der Waals surface area contributed by atoms with E-state index in [1.165, 1.54) is 0 Å². The molecule has 0 radical (unpaired) electrons. The normalized spacial score (nSPS) is 26.5. The monoisotopic (exact) mass is 213 g/mol. The maximum absolute atomic E-state index is 12.2. The highest BCUT2D eigenvalue weighted by Crippen LogP contribution is 2.31. The molecular weight excluding hydrogens is 190 g/mol. The van der Waals surface area contributed by atoms with Gasteiger partial charge in [0.25, 0.3) is 0 Å². The van der Waals surface area contributed by atoms with Crippen molar-refractivity contribution in [2.75, 3.05) is 6.54 Å². The van der Waals surface area contributed by atoms with Crippen molar-refractivity contribution >= 4 is 5.91 Å². The van der Waals surface area contributed by atoms with Gasteiger partial charge in [-0.3, -0.25) is 4.79 Å². The minimum Gasteiger partial charge on any atom is -0.391 e. The molecule has 0 spiro atoms. The molecule has 1 rings (SSSR count). The van der Waals surface area contributed by atoms with Crippen molar-refractivity contribution in [2.24, 2.45) is 5.41 Å². The average Bonchev–Trinajstić information content (AvgIpc) is 2.07. The van der Waals surface area contributed by atoms with Gasteiger partial charge in [-0.05, 0) is 26.7 Å². The summed E-state index contributed by atoms with van der Waals surface area (Å²) in [4.78, 5) is 14.0. The van der Waals surface area contributed by atoms with Gasteiger partial charge in [0.1, 0.15) is 0 Å². The summed E-state index contributed by atoms with van der Waals surface area (Å²) >= 11 is 0. The van der Waals surface area contributed by atoms with Crippen LogP contribution in [0.5, 0.6) is 0 Å². The number of nitrogens with zero attached hydrogens (tertiary/aromatic N) is 1. The van der Waals surface area contributed by atoms with Gasteiger partial charge in [0.15, 0.2) is 0 Å². The number of rotatable bonds is 0. The number of piperidine rings is 1. The van der Waals surface area contributed by atoms with Crippen molar-refractivity contribution in [3.8, 4) is 0 Å². The topological polar surface area (TPSA) is 40.5 Å². The van der Waals surface area contributed by atoms with E-state index in [0.717, 1.165) is 19.4 Å². The van der Waals surface area contributed by atoms with Gasteiger partial charge in [0.05, 0.1) is 11.6 Å². The van der Waals surface area contributed by atoms with E-state index in [4.69, 9.17) is 0 Å². The van der Waals surface area contributed by atoms with Gasteiger partial charge in [-0.15, -0.1) is 0 Å². The molecule has 3 nitrogen and oxygen atoms in total. The van der Waals surface area contributed by atoms with Crippen LogP contribution in [0.2, 0.25) is 0 Å². The first-order valence-corrected chi connectivity index (χ1v) is 5.67. The number of likely N-dealkylation sites (tertiary alicyclic amines) is 1. The van der Waals surface area contributed by atoms with Crippen molar-refractivity contribution in [2.45, 2.75) is 59.1 Å². The Balaban J connectivity index is 2.90. The molecule has 1 N–H and O–H groups in total. The lowest BCUT2D eigenvalue weighted by Gasteiger charge is -2.48. The molecule has 88 valence electrons. The molecule has 0 saturated carbocycles. The minimum absolute atomic E-state index is 0.131. The molecular formula is C12H23NO2. The van der Waals surface area contributed by atoms with E-state index in [2.05, 4.69) is 0 Å². The molecule has 1 amide bonds. The van der Waals surface area contributed by atoms with E-state index in [9.17, 15) is 9.90 Å². The van der Waals surface area contributed by atoms with Crippen LogP contribution in [-0.4, -0.2) is 34.1 Å². The highest BCUT2D eigenvalue weighted by atomic mass is 16.3. The Labute approximate surface area is 92.5 Å². The van der Waals surface area contributed by atoms with E-state index in [1.54, 1.807) is 0 Å². The third kappa shape index (κ3) is 2.33. The van der Waals surface area contributed by atoms with Crippen molar-refractivity contribution in [3.63, 3.8) is 0 Å². The summed E-state index contributed by atoms with van der Waals surface area (Å²) in [6.07, 6.45) is 1.28. The summed E-state index contributed by atoms with van der Waals surface area (Å²) in [7, 11) is 0. The van der Waals surface area contributed by atoms with Crippen LogP contribution in [0.25, 0.3) is 0 Å². The van der Waals surface area contributed by atoms with Crippen molar-refractivity contribution in [1.82, 2.24) is 4.90 Å². The Bertz CT molecular complexity index is 253. The lowest BCUT2D eigenvalue weighted by atomic mass is 9.84. The molecule has 0 bridgehead atoms. The van der Waals surface area contributed by atoms with Gasteiger partial charge in [-0.2, -0.15) is 0 Å².